The van der Waals surface area contributed by atoms with Gasteiger partial charge in [-0.3, -0.25) is 0 Å². The Morgan fingerprint density at radius 2 is 1.83 bits per heavy atom. The monoisotopic (exact) mass is 173 g/mol. The van der Waals surface area contributed by atoms with Crippen LogP contribution in [0.4, 0.5) is 0 Å². The number of hydrogen-bond donors (Lipinski definition) is 2. The summed E-state index contributed by atoms with van der Waals surface area (Å²) in [7, 11) is 0. The van der Waals surface area contributed by atoms with E-state index in [1.165, 1.54) is 0 Å². The fraction of sp³-hybridized carbons (Fsp3) is 1.00. The molecule has 0 saturated carbocycles. The lowest BCUT2D eigenvalue weighted by Gasteiger charge is -2.27. The molecule has 0 rings (SSSR count). The third-order valence-corrected chi connectivity index (χ3v) is 2.13. The maximum absolute atomic E-state index is 9.77. The maximum Gasteiger partial charge on any atom is 0.0631 e. The number of rotatable bonds is 5. The van der Waals surface area contributed by atoms with Crippen LogP contribution in [0.1, 0.15) is 47.5 Å². The van der Waals surface area contributed by atoms with E-state index in [4.69, 9.17) is 0 Å². The van der Waals surface area contributed by atoms with Crippen LogP contribution in [0, 0.1) is 0 Å². The minimum absolute atomic E-state index is 0.389. The Bertz CT molecular complexity index is 121. The lowest BCUT2D eigenvalue weighted by molar-refractivity contribution is 0.0373. The molecule has 2 N–H and O–H groups in total. The van der Waals surface area contributed by atoms with Gasteiger partial charge in [-0.2, -0.15) is 0 Å². The lowest BCUT2D eigenvalue weighted by Crippen LogP contribution is -2.39. The number of aliphatic hydroxyl groups is 1. The Kier molecular flexibility index (Phi) is 4.80. The van der Waals surface area contributed by atoms with Gasteiger partial charge in [-0.05, 0) is 26.7 Å². The molecular weight excluding hydrogens is 150 g/mol. The SMILES string of the molecule is CCC(C)(O)CC(C)NC(C)C. The number of nitrogens with one attached hydrogen (secondary N) is 1. The van der Waals surface area contributed by atoms with E-state index >= 15 is 0 Å². The summed E-state index contributed by atoms with van der Waals surface area (Å²) in [4.78, 5) is 0. The van der Waals surface area contributed by atoms with E-state index in [9.17, 15) is 5.11 Å². The van der Waals surface area contributed by atoms with Crippen molar-refractivity contribution in [3.8, 4) is 0 Å². The zero-order chi connectivity index (χ0) is 9.78. The summed E-state index contributed by atoms with van der Waals surface area (Å²) in [6.07, 6.45) is 1.64. The van der Waals surface area contributed by atoms with Gasteiger partial charge in [0.2, 0.25) is 0 Å². The maximum atomic E-state index is 9.77. The molecule has 0 aromatic heterocycles. The van der Waals surface area contributed by atoms with Crippen LogP contribution in [0.5, 0.6) is 0 Å². The van der Waals surface area contributed by atoms with Crippen LogP contribution >= 0.6 is 0 Å². The van der Waals surface area contributed by atoms with Gasteiger partial charge in [0.1, 0.15) is 0 Å². The second kappa shape index (κ2) is 4.83. The Morgan fingerprint density at radius 1 is 1.33 bits per heavy atom. The first-order valence-electron chi connectivity index (χ1n) is 4.86. The van der Waals surface area contributed by atoms with Crippen molar-refractivity contribution in [2.45, 2.75) is 65.1 Å². The summed E-state index contributed by atoms with van der Waals surface area (Å²) in [6.45, 7) is 10.3. The predicted molar refractivity (Wildman–Crippen MR) is 53.3 cm³/mol. The van der Waals surface area contributed by atoms with Gasteiger partial charge in [0.25, 0.3) is 0 Å². The molecule has 0 aromatic carbocycles. The van der Waals surface area contributed by atoms with Crippen LogP contribution in [0.2, 0.25) is 0 Å². The molecule has 0 aliphatic carbocycles. The third-order valence-electron chi connectivity index (χ3n) is 2.13. The lowest BCUT2D eigenvalue weighted by atomic mass is 9.95. The smallest absolute Gasteiger partial charge is 0.0631 e. The number of hydrogen-bond acceptors (Lipinski definition) is 2. The minimum atomic E-state index is -0.513. The second-order valence-electron chi connectivity index (χ2n) is 4.28. The molecule has 74 valence electrons. The average molecular weight is 173 g/mol. The van der Waals surface area contributed by atoms with Gasteiger partial charge in [0.05, 0.1) is 5.60 Å². The Balaban J connectivity index is 3.75. The zero-order valence-electron chi connectivity index (χ0n) is 9.02. The van der Waals surface area contributed by atoms with Crippen molar-refractivity contribution in [3.05, 3.63) is 0 Å². The van der Waals surface area contributed by atoms with Gasteiger partial charge in [-0.15, -0.1) is 0 Å². The molecule has 2 atom stereocenters. The van der Waals surface area contributed by atoms with E-state index in [1.807, 2.05) is 13.8 Å². The van der Waals surface area contributed by atoms with E-state index in [1.54, 1.807) is 0 Å². The highest BCUT2D eigenvalue weighted by Crippen LogP contribution is 2.15. The molecule has 0 saturated heterocycles. The van der Waals surface area contributed by atoms with Crippen LogP contribution in [-0.4, -0.2) is 22.8 Å². The van der Waals surface area contributed by atoms with Crippen LogP contribution in [0.15, 0.2) is 0 Å². The summed E-state index contributed by atoms with van der Waals surface area (Å²) >= 11 is 0. The van der Waals surface area contributed by atoms with Crippen molar-refractivity contribution in [2.75, 3.05) is 0 Å². The summed E-state index contributed by atoms with van der Waals surface area (Å²) in [5.74, 6) is 0. The average Bonchev–Trinajstić information content (AvgIpc) is 1.84. The highest BCUT2D eigenvalue weighted by Gasteiger charge is 2.20. The van der Waals surface area contributed by atoms with Gasteiger partial charge in [-0.25, -0.2) is 0 Å². The second-order valence-corrected chi connectivity index (χ2v) is 4.28. The van der Waals surface area contributed by atoms with Gasteiger partial charge < -0.3 is 10.4 Å². The molecule has 0 amide bonds. The fourth-order valence-corrected chi connectivity index (χ4v) is 1.43. The summed E-state index contributed by atoms with van der Waals surface area (Å²) in [5.41, 5.74) is -0.513. The molecule has 0 spiro atoms. The molecule has 0 aliphatic heterocycles. The van der Waals surface area contributed by atoms with Crippen molar-refractivity contribution < 1.29 is 5.11 Å². The standard InChI is InChI=1S/C10H23NO/c1-6-10(5,12)7-9(4)11-8(2)3/h8-9,11-12H,6-7H2,1-5H3. The molecule has 0 bridgehead atoms. The molecule has 12 heavy (non-hydrogen) atoms. The molecule has 0 aromatic rings. The zero-order valence-corrected chi connectivity index (χ0v) is 9.02. The van der Waals surface area contributed by atoms with Gasteiger partial charge >= 0.3 is 0 Å². The summed E-state index contributed by atoms with van der Waals surface area (Å²) in [6, 6.07) is 0.882. The van der Waals surface area contributed by atoms with E-state index in [2.05, 4.69) is 26.1 Å². The van der Waals surface area contributed by atoms with Crippen molar-refractivity contribution in [2.24, 2.45) is 0 Å². The summed E-state index contributed by atoms with van der Waals surface area (Å²) < 4.78 is 0. The van der Waals surface area contributed by atoms with E-state index in [0.29, 0.717) is 12.1 Å². The van der Waals surface area contributed by atoms with Gasteiger partial charge in [0.15, 0.2) is 0 Å². The van der Waals surface area contributed by atoms with Crippen LogP contribution in [0.3, 0.4) is 0 Å². The predicted octanol–water partition coefficient (Wildman–Crippen LogP) is 1.92. The van der Waals surface area contributed by atoms with Crippen molar-refractivity contribution in [1.82, 2.24) is 5.32 Å². The van der Waals surface area contributed by atoms with Crippen LogP contribution < -0.4 is 5.32 Å². The highest BCUT2D eigenvalue weighted by molar-refractivity contribution is 4.77. The van der Waals surface area contributed by atoms with Crippen molar-refractivity contribution >= 4 is 0 Å². The summed E-state index contributed by atoms with van der Waals surface area (Å²) in [5, 5.41) is 13.1. The minimum Gasteiger partial charge on any atom is -0.390 e. The first kappa shape index (κ1) is 11.9. The van der Waals surface area contributed by atoms with Crippen molar-refractivity contribution in [1.29, 1.82) is 0 Å². The quantitative estimate of drug-likeness (QED) is 0.666. The van der Waals surface area contributed by atoms with Gasteiger partial charge in [-0.1, -0.05) is 20.8 Å². The Hall–Kier alpha value is -0.0800. The fourth-order valence-electron chi connectivity index (χ4n) is 1.43. The van der Waals surface area contributed by atoms with E-state index in [-0.39, 0.29) is 0 Å². The molecule has 0 heterocycles. The molecule has 2 unspecified atom stereocenters. The first-order chi connectivity index (χ1) is 5.37. The largest absolute Gasteiger partial charge is 0.390 e. The Morgan fingerprint density at radius 3 is 2.17 bits per heavy atom. The van der Waals surface area contributed by atoms with E-state index in [0.717, 1.165) is 12.8 Å². The molecular formula is C10H23NO. The van der Waals surface area contributed by atoms with E-state index < -0.39 is 5.60 Å². The normalized spacial score (nSPS) is 19.2. The first-order valence-corrected chi connectivity index (χ1v) is 4.86. The van der Waals surface area contributed by atoms with Crippen LogP contribution in [0.25, 0.3) is 0 Å². The van der Waals surface area contributed by atoms with Crippen molar-refractivity contribution in [3.63, 3.8) is 0 Å². The van der Waals surface area contributed by atoms with Crippen LogP contribution in [-0.2, 0) is 0 Å². The molecule has 2 nitrogen and oxygen atoms in total. The highest BCUT2D eigenvalue weighted by atomic mass is 16.3. The third kappa shape index (κ3) is 5.56. The topological polar surface area (TPSA) is 32.3 Å². The molecule has 0 aliphatic rings. The molecule has 0 radical (unpaired) electrons. The molecule has 2 heteroatoms. The van der Waals surface area contributed by atoms with Gasteiger partial charge in [0, 0.05) is 12.1 Å². The molecule has 0 fully saturated rings. The Labute approximate surface area is 76.4 Å².